The molecule has 0 saturated carbocycles. The van der Waals surface area contributed by atoms with Crippen LogP contribution in [0.15, 0.2) is 24.3 Å². The van der Waals surface area contributed by atoms with E-state index in [2.05, 4.69) is 21.3 Å². The van der Waals surface area contributed by atoms with E-state index in [1.54, 1.807) is 12.1 Å². The largest absolute Gasteiger partial charge is 0.508 e. The Morgan fingerprint density at radius 2 is 1.43 bits per heavy atom. The fourth-order valence-corrected chi connectivity index (χ4v) is 3.33. The first kappa shape index (κ1) is 29.4. The molecule has 1 aromatic carbocycles. The molecule has 0 unspecified atom stereocenters. The molecule has 0 aliphatic carbocycles. The van der Waals surface area contributed by atoms with E-state index in [4.69, 9.17) is 5.11 Å². The number of hydrogen-bond donors (Lipinski definition) is 6. The van der Waals surface area contributed by atoms with E-state index in [0.717, 1.165) is 0 Å². The Morgan fingerprint density at radius 1 is 0.857 bits per heavy atom. The van der Waals surface area contributed by atoms with Crippen LogP contribution in [0.5, 0.6) is 5.75 Å². The van der Waals surface area contributed by atoms with Gasteiger partial charge in [-0.05, 0) is 36.5 Å². The molecule has 0 radical (unpaired) electrons. The van der Waals surface area contributed by atoms with Gasteiger partial charge in [-0.2, -0.15) is 0 Å². The predicted octanol–water partition coefficient (Wildman–Crippen LogP) is 0.456. The SMILES string of the molecule is CCCNC(=O)[C@H](CC(=O)O)NC(=O)[C@@H](CC(C)C)NC(=O)[C@H](Cc1ccc(O)cc1)NC(C)=O. The van der Waals surface area contributed by atoms with Gasteiger partial charge in [0.05, 0.1) is 6.42 Å². The molecule has 0 aromatic heterocycles. The first-order valence-corrected chi connectivity index (χ1v) is 11.6. The molecule has 11 heteroatoms. The summed E-state index contributed by atoms with van der Waals surface area (Å²) in [5.74, 6) is -3.60. The highest BCUT2D eigenvalue weighted by atomic mass is 16.4. The first-order valence-electron chi connectivity index (χ1n) is 11.6. The standard InChI is InChI=1S/C24H36N4O7/c1-5-10-25-22(33)20(13-21(31)32)28-23(34)18(11-14(2)3)27-24(35)19(26-15(4)29)12-16-6-8-17(30)9-7-16/h6-9,14,18-20,30H,5,10-13H2,1-4H3,(H,25,33)(H,26,29)(H,27,35)(H,28,34)(H,31,32)/t18-,19+,20+/m1/s1. The smallest absolute Gasteiger partial charge is 0.305 e. The van der Waals surface area contributed by atoms with E-state index in [1.807, 2.05) is 20.8 Å². The lowest BCUT2D eigenvalue weighted by Crippen LogP contribution is -2.57. The topological polar surface area (TPSA) is 174 Å². The number of rotatable bonds is 14. The number of amides is 4. The Morgan fingerprint density at radius 3 is 1.94 bits per heavy atom. The van der Waals surface area contributed by atoms with Crippen LogP contribution in [0.1, 0.15) is 52.5 Å². The molecule has 0 aliphatic heterocycles. The van der Waals surface area contributed by atoms with Crippen molar-refractivity contribution in [2.75, 3.05) is 6.54 Å². The van der Waals surface area contributed by atoms with E-state index < -0.39 is 54.1 Å². The monoisotopic (exact) mass is 492 g/mol. The van der Waals surface area contributed by atoms with Crippen molar-refractivity contribution in [3.63, 3.8) is 0 Å². The van der Waals surface area contributed by atoms with Crippen LogP contribution < -0.4 is 21.3 Å². The van der Waals surface area contributed by atoms with E-state index in [1.165, 1.54) is 19.1 Å². The minimum atomic E-state index is -1.30. The number of aliphatic carboxylic acids is 1. The van der Waals surface area contributed by atoms with Crippen molar-refractivity contribution in [2.45, 2.75) is 71.5 Å². The molecule has 1 aromatic rings. The molecule has 0 aliphatic rings. The number of aromatic hydroxyl groups is 1. The van der Waals surface area contributed by atoms with Crippen molar-refractivity contribution in [1.82, 2.24) is 21.3 Å². The zero-order valence-electron chi connectivity index (χ0n) is 20.6. The number of carbonyl (C=O) groups excluding carboxylic acids is 4. The van der Waals surface area contributed by atoms with Gasteiger partial charge >= 0.3 is 5.97 Å². The highest BCUT2D eigenvalue weighted by Crippen LogP contribution is 2.12. The van der Waals surface area contributed by atoms with Crippen molar-refractivity contribution < 1.29 is 34.2 Å². The summed E-state index contributed by atoms with van der Waals surface area (Å²) >= 11 is 0. The van der Waals surface area contributed by atoms with Gasteiger partial charge in [0.1, 0.15) is 23.9 Å². The van der Waals surface area contributed by atoms with Gasteiger partial charge in [0.2, 0.25) is 23.6 Å². The van der Waals surface area contributed by atoms with Crippen molar-refractivity contribution in [2.24, 2.45) is 5.92 Å². The third-order valence-electron chi connectivity index (χ3n) is 4.97. The molecule has 6 N–H and O–H groups in total. The van der Waals surface area contributed by atoms with Gasteiger partial charge in [-0.25, -0.2) is 0 Å². The number of carbonyl (C=O) groups is 5. The van der Waals surface area contributed by atoms with Gasteiger partial charge in [-0.3, -0.25) is 24.0 Å². The van der Waals surface area contributed by atoms with Crippen LogP contribution in [0.2, 0.25) is 0 Å². The van der Waals surface area contributed by atoms with Gasteiger partial charge in [0, 0.05) is 19.9 Å². The molecule has 0 spiro atoms. The number of phenolic OH excluding ortho intramolecular Hbond substituents is 1. The van der Waals surface area contributed by atoms with E-state index in [9.17, 15) is 29.1 Å². The summed E-state index contributed by atoms with van der Waals surface area (Å²) in [4.78, 5) is 61.3. The molecule has 35 heavy (non-hydrogen) atoms. The lowest BCUT2D eigenvalue weighted by Gasteiger charge is -2.26. The number of nitrogens with one attached hydrogen (secondary N) is 4. The third kappa shape index (κ3) is 11.4. The zero-order valence-corrected chi connectivity index (χ0v) is 20.6. The summed E-state index contributed by atoms with van der Waals surface area (Å²) in [6, 6.07) is 2.78. The van der Waals surface area contributed by atoms with Crippen molar-refractivity contribution >= 4 is 29.6 Å². The van der Waals surface area contributed by atoms with E-state index in [-0.39, 0.29) is 24.5 Å². The van der Waals surface area contributed by atoms with Crippen LogP contribution >= 0.6 is 0 Å². The van der Waals surface area contributed by atoms with E-state index in [0.29, 0.717) is 18.5 Å². The molecule has 1 rings (SSSR count). The number of carboxylic acid groups (broad SMARTS) is 1. The number of carboxylic acids is 1. The highest BCUT2D eigenvalue weighted by molar-refractivity contribution is 5.95. The molecular weight excluding hydrogens is 456 g/mol. The fourth-order valence-electron chi connectivity index (χ4n) is 3.33. The Balaban J connectivity index is 3.04. The van der Waals surface area contributed by atoms with Crippen LogP contribution in [0.3, 0.4) is 0 Å². The second-order valence-electron chi connectivity index (χ2n) is 8.76. The molecule has 3 atom stereocenters. The summed E-state index contributed by atoms with van der Waals surface area (Å²) in [7, 11) is 0. The summed E-state index contributed by atoms with van der Waals surface area (Å²) < 4.78 is 0. The van der Waals surface area contributed by atoms with Gasteiger partial charge in [-0.15, -0.1) is 0 Å². The maximum atomic E-state index is 13.1. The second-order valence-corrected chi connectivity index (χ2v) is 8.76. The summed E-state index contributed by atoms with van der Waals surface area (Å²) in [5.41, 5.74) is 0.677. The van der Waals surface area contributed by atoms with Crippen LogP contribution in [0, 0.1) is 5.92 Å². The summed E-state index contributed by atoms with van der Waals surface area (Å²) in [5, 5.41) is 28.8. The Hall–Kier alpha value is -3.63. The minimum Gasteiger partial charge on any atom is -0.508 e. The van der Waals surface area contributed by atoms with Crippen LogP contribution in [-0.4, -0.2) is 64.5 Å². The summed E-state index contributed by atoms with van der Waals surface area (Å²) in [6.45, 7) is 7.12. The molecule has 0 heterocycles. The van der Waals surface area contributed by atoms with E-state index >= 15 is 0 Å². The Bertz CT molecular complexity index is 886. The number of phenols is 1. The average Bonchev–Trinajstić information content (AvgIpc) is 2.76. The maximum Gasteiger partial charge on any atom is 0.305 e. The third-order valence-corrected chi connectivity index (χ3v) is 4.97. The van der Waals surface area contributed by atoms with Gasteiger partial charge in [-0.1, -0.05) is 32.9 Å². The molecule has 194 valence electrons. The highest BCUT2D eigenvalue weighted by Gasteiger charge is 2.30. The van der Waals surface area contributed by atoms with Crippen molar-refractivity contribution in [3.05, 3.63) is 29.8 Å². The van der Waals surface area contributed by atoms with Gasteiger partial charge in [0.15, 0.2) is 0 Å². The average molecular weight is 493 g/mol. The molecular formula is C24H36N4O7. The normalized spacial score (nSPS) is 13.3. The molecule has 0 fully saturated rings. The molecule has 0 saturated heterocycles. The molecule has 11 nitrogen and oxygen atoms in total. The maximum absolute atomic E-state index is 13.1. The minimum absolute atomic E-state index is 0.0193. The Labute approximate surface area is 205 Å². The lowest BCUT2D eigenvalue weighted by atomic mass is 10.0. The fraction of sp³-hybridized carbons (Fsp3) is 0.542. The number of benzene rings is 1. The van der Waals surface area contributed by atoms with Gasteiger partial charge in [0.25, 0.3) is 0 Å². The second kappa shape index (κ2) is 14.6. The number of hydrogen-bond acceptors (Lipinski definition) is 6. The molecule has 4 amide bonds. The predicted molar refractivity (Wildman–Crippen MR) is 128 cm³/mol. The van der Waals surface area contributed by atoms with Crippen LogP contribution in [0.25, 0.3) is 0 Å². The van der Waals surface area contributed by atoms with Crippen LogP contribution in [-0.2, 0) is 30.4 Å². The lowest BCUT2D eigenvalue weighted by molar-refractivity contribution is -0.141. The van der Waals surface area contributed by atoms with Crippen molar-refractivity contribution in [3.8, 4) is 5.75 Å². The quantitative estimate of drug-likeness (QED) is 0.219. The Kier molecular flexibility index (Phi) is 12.3. The zero-order chi connectivity index (χ0) is 26.5. The molecule has 0 bridgehead atoms. The van der Waals surface area contributed by atoms with Crippen molar-refractivity contribution in [1.29, 1.82) is 0 Å². The van der Waals surface area contributed by atoms with Gasteiger partial charge < -0.3 is 31.5 Å². The summed E-state index contributed by atoms with van der Waals surface area (Å²) in [6.07, 6.45) is 0.360. The van der Waals surface area contributed by atoms with Crippen LogP contribution in [0.4, 0.5) is 0 Å². The first-order chi connectivity index (χ1) is 16.4.